The fourth-order valence-corrected chi connectivity index (χ4v) is 1.30. The van der Waals surface area contributed by atoms with Gasteiger partial charge in [-0.1, -0.05) is 0 Å². The molecule has 0 radical (unpaired) electrons. The first-order valence-corrected chi connectivity index (χ1v) is 5.76. The maximum absolute atomic E-state index is 11.2. The zero-order chi connectivity index (χ0) is 14.1. The summed E-state index contributed by atoms with van der Waals surface area (Å²) in [5.74, 6) is 0.487. The lowest BCUT2D eigenvalue weighted by Gasteiger charge is -2.08. The second-order valence-corrected chi connectivity index (χ2v) is 3.63. The normalized spacial score (nSPS) is 9.58. The van der Waals surface area contributed by atoms with Gasteiger partial charge in [0, 0.05) is 0 Å². The van der Waals surface area contributed by atoms with Gasteiger partial charge in [-0.3, -0.25) is 9.59 Å². The van der Waals surface area contributed by atoms with Crippen LogP contribution in [0.1, 0.15) is 6.42 Å². The van der Waals surface area contributed by atoms with Crippen LogP contribution in [0.15, 0.2) is 24.3 Å². The van der Waals surface area contributed by atoms with E-state index in [0.29, 0.717) is 18.9 Å². The Hall–Kier alpha value is -2.24. The van der Waals surface area contributed by atoms with Crippen LogP contribution in [0.25, 0.3) is 0 Å². The highest BCUT2D eigenvalue weighted by Crippen LogP contribution is 2.16. The smallest absolute Gasteiger partial charge is 0.315 e. The van der Waals surface area contributed by atoms with Crippen molar-refractivity contribution in [2.24, 2.45) is 0 Å². The first-order valence-electron chi connectivity index (χ1n) is 5.76. The Morgan fingerprint density at radius 1 is 1.11 bits per heavy atom. The van der Waals surface area contributed by atoms with E-state index in [-0.39, 0.29) is 12.3 Å². The fourth-order valence-electron chi connectivity index (χ4n) is 1.30. The van der Waals surface area contributed by atoms with Crippen LogP contribution >= 0.6 is 0 Å². The number of esters is 1. The van der Waals surface area contributed by atoms with Gasteiger partial charge in [-0.25, -0.2) is 0 Å². The lowest BCUT2D eigenvalue weighted by molar-refractivity contribution is -0.143. The maximum Gasteiger partial charge on any atom is 0.315 e. The molecule has 0 atom stereocenters. The van der Waals surface area contributed by atoms with Crippen molar-refractivity contribution < 1.29 is 23.8 Å². The van der Waals surface area contributed by atoms with Crippen LogP contribution in [0.4, 0.5) is 0 Å². The summed E-state index contributed by atoms with van der Waals surface area (Å²) in [5, 5.41) is 2.55. The van der Waals surface area contributed by atoms with Gasteiger partial charge >= 0.3 is 5.97 Å². The maximum atomic E-state index is 11.2. The molecular weight excluding hydrogens is 250 g/mol. The molecule has 0 heterocycles. The Labute approximate surface area is 111 Å². The second kappa shape index (κ2) is 7.97. The van der Waals surface area contributed by atoms with E-state index in [1.165, 1.54) is 7.11 Å². The topological polar surface area (TPSA) is 73.9 Å². The molecule has 1 aromatic rings. The fraction of sp³-hybridized carbons (Fsp3) is 0.385. The molecule has 0 unspecified atom stereocenters. The number of benzene rings is 1. The minimum atomic E-state index is -0.562. The Bertz CT molecular complexity index is 416. The van der Waals surface area contributed by atoms with Crippen LogP contribution in [0, 0.1) is 0 Å². The molecule has 0 saturated carbocycles. The van der Waals surface area contributed by atoms with Crippen molar-refractivity contribution in [2.75, 3.05) is 27.4 Å². The minimum absolute atomic E-state index is 0.279. The first kappa shape index (κ1) is 14.8. The van der Waals surface area contributed by atoms with Gasteiger partial charge in [0.15, 0.2) is 0 Å². The number of hydrogen-bond acceptors (Lipinski definition) is 5. The van der Waals surface area contributed by atoms with E-state index in [9.17, 15) is 9.59 Å². The van der Waals surface area contributed by atoms with Crippen LogP contribution in [0.5, 0.6) is 11.5 Å². The minimum Gasteiger partial charge on any atom is -0.497 e. The summed E-state index contributed by atoms with van der Waals surface area (Å²) in [6, 6.07) is 7.11. The number of rotatable bonds is 7. The predicted molar refractivity (Wildman–Crippen MR) is 68.1 cm³/mol. The zero-order valence-corrected chi connectivity index (χ0v) is 11.0. The molecule has 0 aromatic heterocycles. The Morgan fingerprint density at radius 3 is 2.32 bits per heavy atom. The number of hydrogen-bond donors (Lipinski definition) is 1. The van der Waals surface area contributed by atoms with E-state index in [4.69, 9.17) is 9.47 Å². The summed E-state index contributed by atoms with van der Waals surface area (Å²) in [5.41, 5.74) is 0. The molecule has 19 heavy (non-hydrogen) atoms. The number of carbonyl (C=O) groups is 2. The lowest BCUT2D eigenvalue weighted by Crippen LogP contribution is -2.29. The molecule has 0 aliphatic rings. The molecule has 1 N–H and O–H groups in total. The molecule has 104 valence electrons. The van der Waals surface area contributed by atoms with E-state index < -0.39 is 5.97 Å². The van der Waals surface area contributed by atoms with Crippen LogP contribution in [-0.2, 0) is 14.3 Å². The predicted octanol–water partition coefficient (Wildman–Crippen LogP) is 0.753. The molecule has 0 fully saturated rings. The third kappa shape index (κ3) is 5.76. The monoisotopic (exact) mass is 267 g/mol. The summed E-state index contributed by atoms with van der Waals surface area (Å²) in [6.07, 6.45) is -0.279. The zero-order valence-electron chi connectivity index (χ0n) is 11.0. The molecule has 6 heteroatoms. The number of nitrogens with one attached hydrogen (secondary N) is 1. The van der Waals surface area contributed by atoms with Gasteiger partial charge < -0.3 is 19.5 Å². The molecule has 1 aromatic carbocycles. The number of carbonyl (C=O) groups excluding carboxylic acids is 2. The van der Waals surface area contributed by atoms with Gasteiger partial charge in [0.1, 0.15) is 24.5 Å². The largest absolute Gasteiger partial charge is 0.497 e. The third-order valence-electron chi connectivity index (χ3n) is 2.28. The van der Waals surface area contributed by atoms with Gasteiger partial charge in [-0.05, 0) is 24.3 Å². The summed E-state index contributed by atoms with van der Waals surface area (Å²) < 4.78 is 14.8. The summed E-state index contributed by atoms with van der Waals surface area (Å²) in [4.78, 5) is 22.0. The average Bonchev–Trinajstić information content (AvgIpc) is 2.44. The molecular formula is C13H17NO5. The summed E-state index contributed by atoms with van der Waals surface area (Å²) in [7, 11) is 2.83. The van der Waals surface area contributed by atoms with Gasteiger partial charge in [0.2, 0.25) is 5.91 Å². The SMILES string of the molecule is COC(=O)CC(=O)NCCOc1ccc(OC)cc1. The Balaban J connectivity index is 2.19. The molecule has 0 aliphatic carbocycles. The van der Waals surface area contributed by atoms with E-state index in [1.807, 2.05) is 0 Å². The van der Waals surface area contributed by atoms with Crippen LogP contribution < -0.4 is 14.8 Å². The van der Waals surface area contributed by atoms with Crippen molar-refractivity contribution in [3.8, 4) is 11.5 Å². The molecule has 0 spiro atoms. The van der Waals surface area contributed by atoms with Crippen molar-refractivity contribution in [3.05, 3.63) is 24.3 Å². The van der Waals surface area contributed by atoms with Crippen LogP contribution in [0.3, 0.4) is 0 Å². The van der Waals surface area contributed by atoms with Crippen molar-refractivity contribution in [1.29, 1.82) is 0 Å². The van der Waals surface area contributed by atoms with Crippen molar-refractivity contribution in [3.63, 3.8) is 0 Å². The average molecular weight is 267 g/mol. The Morgan fingerprint density at radius 2 is 1.74 bits per heavy atom. The lowest BCUT2D eigenvalue weighted by atomic mass is 10.3. The molecule has 1 amide bonds. The first-order chi connectivity index (χ1) is 9.15. The van der Waals surface area contributed by atoms with Gasteiger partial charge in [-0.15, -0.1) is 0 Å². The van der Waals surface area contributed by atoms with Crippen LogP contribution in [0.2, 0.25) is 0 Å². The highest BCUT2D eigenvalue weighted by Gasteiger charge is 2.08. The number of ether oxygens (including phenoxy) is 3. The number of methoxy groups -OCH3 is 2. The molecule has 6 nitrogen and oxygen atoms in total. The number of amides is 1. The quantitative estimate of drug-likeness (QED) is 0.448. The van der Waals surface area contributed by atoms with Crippen molar-refractivity contribution in [2.45, 2.75) is 6.42 Å². The second-order valence-electron chi connectivity index (χ2n) is 3.63. The van der Waals surface area contributed by atoms with Crippen LogP contribution in [-0.4, -0.2) is 39.2 Å². The molecule has 1 rings (SSSR count). The van der Waals surface area contributed by atoms with E-state index in [0.717, 1.165) is 5.75 Å². The Kier molecular flexibility index (Phi) is 6.21. The van der Waals surface area contributed by atoms with E-state index in [1.54, 1.807) is 31.4 Å². The molecule has 0 bridgehead atoms. The van der Waals surface area contributed by atoms with Gasteiger partial charge in [0.05, 0.1) is 20.8 Å². The standard InChI is InChI=1S/C13H17NO5/c1-17-10-3-5-11(6-4-10)19-8-7-14-12(15)9-13(16)18-2/h3-6H,7-9H2,1-2H3,(H,14,15). The van der Waals surface area contributed by atoms with Gasteiger partial charge in [-0.2, -0.15) is 0 Å². The highest BCUT2D eigenvalue weighted by molar-refractivity contribution is 5.94. The highest BCUT2D eigenvalue weighted by atomic mass is 16.5. The van der Waals surface area contributed by atoms with Crippen molar-refractivity contribution >= 4 is 11.9 Å². The van der Waals surface area contributed by atoms with E-state index in [2.05, 4.69) is 10.1 Å². The van der Waals surface area contributed by atoms with Gasteiger partial charge in [0.25, 0.3) is 0 Å². The summed E-state index contributed by atoms with van der Waals surface area (Å²) >= 11 is 0. The summed E-state index contributed by atoms with van der Waals surface area (Å²) in [6.45, 7) is 0.640. The molecule has 0 saturated heterocycles. The van der Waals surface area contributed by atoms with Crippen molar-refractivity contribution in [1.82, 2.24) is 5.32 Å². The molecule has 0 aliphatic heterocycles. The van der Waals surface area contributed by atoms with E-state index >= 15 is 0 Å². The third-order valence-corrected chi connectivity index (χ3v) is 2.28.